The van der Waals surface area contributed by atoms with E-state index < -0.39 is 28.9 Å². The molecule has 0 unspecified atom stereocenters. The average Bonchev–Trinajstić information content (AvgIpc) is 3.55. The highest BCUT2D eigenvalue weighted by Gasteiger charge is 2.50. The number of Topliss-reactive ketones (excluding diaryl/α,β-unsaturated/α-hetero) is 1. The van der Waals surface area contributed by atoms with E-state index in [2.05, 4.69) is 10.1 Å². The first-order valence-electron chi connectivity index (χ1n) is 12.8. The Morgan fingerprint density at radius 1 is 0.875 bits per heavy atom. The summed E-state index contributed by atoms with van der Waals surface area (Å²) in [5.41, 5.74) is 0.766. The van der Waals surface area contributed by atoms with Crippen molar-refractivity contribution < 1.29 is 27.2 Å². The molecular formula is C29H23F4N5O2. The van der Waals surface area contributed by atoms with E-state index in [-0.39, 0.29) is 36.1 Å². The molecule has 1 amide bonds. The van der Waals surface area contributed by atoms with E-state index in [4.69, 9.17) is 0 Å². The molecule has 0 atom stereocenters. The third-order valence-electron chi connectivity index (χ3n) is 7.71. The number of halogens is 4. The SMILES string of the molecule is O=C(c1cc(-c2cccnc2)n(-c2cc(F)c(F)c(F)c2)n1)N1CCC2(CC1)C(=O)CCN2c1ccc(F)cc1. The summed E-state index contributed by atoms with van der Waals surface area (Å²) in [6, 6.07) is 12.5. The summed E-state index contributed by atoms with van der Waals surface area (Å²) in [4.78, 5) is 34.3. The molecule has 11 heteroatoms. The van der Waals surface area contributed by atoms with Crippen LogP contribution in [0.2, 0.25) is 0 Å². The number of carbonyl (C=O) groups excluding carboxylic acids is 2. The van der Waals surface area contributed by atoms with Crippen LogP contribution in [0, 0.1) is 23.3 Å². The number of hydrogen-bond acceptors (Lipinski definition) is 5. The fraction of sp³-hybridized carbons (Fsp3) is 0.241. The van der Waals surface area contributed by atoms with Crippen LogP contribution in [-0.4, -0.2) is 56.5 Å². The van der Waals surface area contributed by atoms with Gasteiger partial charge >= 0.3 is 0 Å². The van der Waals surface area contributed by atoms with Gasteiger partial charge in [0.1, 0.15) is 11.4 Å². The molecule has 2 fully saturated rings. The van der Waals surface area contributed by atoms with Crippen molar-refractivity contribution in [1.82, 2.24) is 19.7 Å². The van der Waals surface area contributed by atoms with Crippen molar-refractivity contribution in [3.05, 3.63) is 96.0 Å². The number of benzene rings is 2. The molecule has 4 aromatic rings. The van der Waals surface area contributed by atoms with Gasteiger partial charge in [-0.2, -0.15) is 5.10 Å². The largest absolute Gasteiger partial charge is 0.358 e. The van der Waals surface area contributed by atoms with Crippen molar-refractivity contribution in [3.8, 4) is 16.9 Å². The van der Waals surface area contributed by atoms with Crippen LogP contribution in [0.4, 0.5) is 23.2 Å². The Morgan fingerprint density at radius 3 is 2.23 bits per heavy atom. The predicted octanol–water partition coefficient (Wildman–Crippen LogP) is 4.94. The van der Waals surface area contributed by atoms with E-state index >= 15 is 0 Å². The monoisotopic (exact) mass is 549 g/mol. The summed E-state index contributed by atoms with van der Waals surface area (Å²) in [5, 5.41) is 4.35. The van der Waals surface area contributed by atoms with E-state index in [1.165, 1.54) is 29.1 Å². The number of carbonyl (C=O) groups is 2. The summed E-state index contributed by atoms with van der Waals surface area (Å²) >= 11 is 0. The minimum Gasteiger partial charge on any atom is -0.358 e. The molecule has 204 valence electrons. The first-order valence-corrected chi connectivity index (χ1v) is 12.8. The fourth-order valence-corrected chi connectivity index (χ4v) is 5.67. The van der Waals surface area contributed by atoms with Crippen LogP contribution in [0.5, 0.6) is 0 Å². The lowest BCUT2D eigenvalue weighted by molar-refractivity contribution is -0.123. The Bertz CT molecular complexity index is 1580. The van der Waals surface area contributed by atoms with Gasteiger partial charge in [0.05, 0.1) is 11.4 Å². The molecular weight excluding hydrogens is 526 g/mol. The molecule has 0 N–H and O–H groups in total. The molecule has 6 rings (SSSR count). The first kappa shape index (κ1) is 25.7. The van der Waals surface area contributed by atoms with Crippen LogP contribution in [0.15, 0.2) is 67.0 Å². The van der Waals surface area contributed by atoms with Crippen LogP contribution in [-0.2, 0) is 4.79 Å². The Kier molecular flexibility index (Phi) is 6.36. The highest BCUT2D eigenvalue weighted by atomic mass is 19.2. The first-order chi connectivity index (χ1) is 19.3. The maximum absolute atomic E-state index is 14.1. The lowest BCUT2D eigenvalue weighted by Gasteiger charge is -2.44. The molecule has 0 bridgehead atoms. The van der Waals surface area contributed by atoms with Gasteiger partial charge in [0.2, 0.25) is 0 Å². The topological polar surface area (TPSA) is 71.3 Å². The number of nitrogens with zero attached hydrogens (tertiary/aromatic N) is 5. The smallest absolute Gasteiger partial charge is 0.274 e. The molecule has 2 aliphatic rings. The van der Waals surface area contributed by atoms with Crippen molar-refractivity contribution in [1.29, 1.82) is 0 Å². The maximum Gasteiger partial charge on any atom is 0.274 e. The summed E-state index contributed by atoms with van der Waals surface area (Å²) in [6.45, 7) is 1.07. The van der Waals surface area contributed by atoms with Crippen LogP contribution < -0.4 is 4.90 Å². The molecule has 2 aromatic heterocycles. The lowest BCUT2D eigenvalue weighted by atomic mass is 9.83. The van der Waals surface area contributed by atoms with Crippen molar-refractivity contribution >= 4 is 17.4 Å². The number of rotatable bonds is 4. The van der Waals surface area contributed by atoms with Gasteiger partial charge in [-0.05, 0) is 55.3 Å². The third-order valence-corrected chi connectivity index (χ3v) is 7.71. The van der Waals surface area contributed by atoms with Crippen molar-refractivity contribution in [3.63, 3.8) is 0 Å². The summed E-state index contributed by atoms with van der Waals surface area (Å²) in [7, 11) is 0. The quantitative estimate of drug-likeness (QED) is 0.266. The van der Waals surface area contributed by atoms with Crippen molar-refractivity contribution in [2.24, 2.45) is 0 Å². The second kappa shape index (κ2) is 9.89. The Morgan fingerprint density at radius 2 is 1.57 bits per heavy atom. The van der Waals surface area contributed by atoms with Crippen LogP contribution in [0.3, 0.4) is 0 Å². The molecule has 0 saturated carbocycles. The molecule has 4 heterocycles. The normalized spacial score (nSPS) is 16.6. The molecule has 1 spiro atoms. The zero-order valence-electron chi connectivity index (χ0n) is 21.2. The van der Waals surface area contributed by atoms with Gasteiger partial charge in [0.25, 0.3) is 5.91 Å². The summed E-state index contributed by atoms with van der Waals surface area (Å²) in [5.74, 6) is -5.06. The molecule has 2 saturated heterocycles. The number of pyridine rings is 1. The Labute approximate surface area is 226 Å². The van der Waals surface area contributed by atoms with Crippen molar-refractivity contribution in [2.75, 3.05) is 24.5 Å². The van der Waals surface area contributed by atoms with E-state index in [1.54, 1.807) is 35.4 Å². The van der Waals surface area contributed by atoms with E-state index in [1.807, 2.05) is 4.90 Å². The Balaban J connectivity index is 1.29. The highest BCUT2D eigenvalue weighted by Crippen LogP contribution is 2.39. The van der Waals surface area contributed by atoms with E-state index in [0.717, 1.165) is 17.8 Å². The fourth-order valence-electron chi connectivity index (χ4n) is 5.67. The van der Waals surface area contributed by atoms with Crippen LogP contribution in [0.25, 0.3) is 16.9 Å². The van der Waals surface area contributed by atoms with Gasteiger partial charge < -0.3 is 9.80 Å². The standard InChI is InChI=1S/C29H23F4N5O2/c30-19-3-5-20(6-4-19)37-11-7-26(39)29(37)8-12-36(13-9-29)28(40)24-16-25(18-2-1-10-34-17-18)38(35-24)21-14-22(31)27(33)23(32)15-21/h1-6,10,14-17H,7-9,11-13H2. The molecule has 0 aliphatic carbocycles. The van der Waals surface area contributed by atoms with E-state index in [9.17, 15) is 27.2 Å². The predicted molar refractivity (Wildman–Crippen MR) is 138 cm³/mol. The number of aromatic nitrogens is 3. The van der Waals surface area contributed by atoms with Gasteiger partial charge in [-0.1, -0.05) is 0 Å². The number of anilines is 1. The van der Waals surface area contributed by atoms with Crippen LogP contribution in [0.1, 0.15) is 29.8 Å². The number of piperidine rings is 1. The van der Waals surface area contributed by atoms with Gasteiger partial charge in [-0.3, -0.25) is 14.6 Å². The maximum atomic E-state index is 14.1. The van der Waals surface area contributed by atoms with Crippen LogP contribution >= 0.6 is 0 Å². The van der Waals surface area contributed by atoms with Gasteiger partial charge in [0, 0.05) is 61.8 Å². The lowest BCUT2D eigenvalue weighted by Crippen LogP contribution is -2.56. The van der Waals surface area contributed by atoms with E-state index in [0.29, 0.717) is 37.1 Å². The van der Waals surface area contributed by atoms with Gasteiger partial charge in [0.15, 0.2) is 28.9 Å². The number of likely N-dealkylation sites (tertiary alicyclic amines) is 1. The minimum atomic E-state index is -1.60. The molecule has 7 nitrogen and oxygen atoms in total. The van der Waals surface area contributed by atoms with Gasteiger partial charge in [-0.25, -0.2) is 22.2 Å². The number of amides is 1. The molecule has 0 radical (unpaired) electrons. The second-order valence-corrected chi connectivity index (χ2v) is 9.92. The van der Waals surface area contributed by atoms with Gasteiger partial charge in [-0.15, -0.1) is 0 Å². The minimum absolute atomic E-state index is 0.0214. The molecule has 2 aromatic carbocycles. The Hall–Kier alpha value is -4.54. The molecule has 2 aliphatic heterocycles. The zero-order chi connectivity index (χ0) is 28.0. The zero-order valence-corrected chi connectivity index (χ0v) is 21.2. The molecule has 40 heavy (non-hydrogen) atoms. The average molecular weight is 550 g/mol. The summed E-state index contributed by atoms with van der Waals surface area (Å²) < 4.78 is 56.5. The number of hydrogen-bond donors (Lipinski definition) is 0. The summed E-state index contributed by atoms with van der Waals surface area (Å²) in [6.07, 6.45) is 4.21. The second-order valence-electron chi connectivity index (χ2n) is 9.92. The highest BCUT2D eigenvalue weighted by molar-refractivity contribution is 5.97. The third kappa shape index (κ3) is 4.31. The van der Waals surface area contributed by atoms with Crippen molar-refractivity contribution in [2.45, 2.75) is 24.8 Å². The number of ketones is 1.